The summed E-state index contributed by atoms with van der Waals surface area (Å²) in [5.41, 5.74) is -0.742. The molecule has 1 rings (SSSR count). The van der Waals surface area contributed by atoms with Crippen molar-refractivity contribution in [3.63, 3.8) is 0 Å². The molecule has 0 atom stereocenters. The van der Waals surface area contributed by atoms with Gasteiger partial charge in [0, 0.05) is 6.20 Å². The Labute approximate surface area is 113 Å². The molecule has 0 unspecified atom stereocenters. The molecule has 0 aromatic carbocycles. The molecular weight excluding hydrogens is 266 g/mol. The second-order valence-electron chi connectivity index (χ2n) is 5.68. The molecule has 1 aromatic rings. The van der Waals surface area contributed by atoms with Gasteiger partial charge in [-0.15, -0.1) is 0 Å². The van der Waals surface area contributed by atoms with E-state index in [0.29, 0.717) is 0 Å². The summed E-state index contributed by atoms with van der Waals surface area (Å²) in [7, 11) is -3.90. The summed E-state index contributed by atoms with van der Waals surface area (Å²) < 4.78 is 28.3. The zero-order valence-electron chi connectivity index (χ0n) is 11.8. The van der Waals surface area contributed by atoms with Gasteiger partial charge in [0.05, 0.1) is 0 Å². The van der Waals surface area contributed by atoms with Gasteiger partial charge in [-0.2, -0.15) is 0 Å². The number of rotatable bonds is 3. The van der Waals surface area contributed by atoms with E-state index < -0.39 is 26.2 Å². The SMILES string of the molecule is CC(C)(C)OC(=O)C(C)(C)S(=O)(=O)c1ccccn1. The lowest BCUT2D eigenvalue weighted by molar-refractivity contribution is -0.157. The first-order chi connectivity index (χ1) is 8.48. The molecule has 0 saturated carbocycles. The highest BCUT2D eigenvalue weighted by Crippen LogP contribution is 2.27. The molecule has 0 aliphatic heterocycles. The predicted octanol–water partition coefficient (Wildman–Crippen LogP) is 1.98. The third-order valence-corrected chi connectivity index (χ3v) is 4.78. The van der Waals surface area contributed by atoms with E-state index in [-0.39, 0.29) is 5.03 Å². The molecule has 0 aliphatic carbocycles. The first-order valence-electron chi connectivity index (χ1n) is 5.87. The Morgan fingerprint density at radius 3 is 2.16 bits per heavy atom. The van der Waals surface area contributed by atoms with Crippen LogP contribution in [0.4, 0.5) is 0 Å². The molecule has 5 nitrogen and oxygen atoms in total. The summed E-state index contributed by atoms with van der Waals surface area (Å²) in [5.74, 6) is -0.786. The Balaban J connectivity index is 3.16. The van der Waals surface area contributed by atoms with E-state index in [9.17, 15) is 13.2 Å². The molecule has 0 amide bonds. The van der Waals surface area contributed by atoms with E-state index in [1.54, 1.807) is 32.9 Å². The highest BCUT2D eigenvalue weighted by atomic mass is 32.2. The maximum atomic E-state index is 12.4. The van der Waals surface area contributed by atoms with Crippen molar-refractivity contribution in [2.24, 2.45) is 0 Å². The fourth-order valence-electron chi connectivity index (χ4n) is 1.28. The van der Waals surface area contributed by atoms with Crippen molar-refractivity contribution < 1.29 is 17.9 Å². The molecule has 1 aromatic heterocycles. The van der Waals surface area contributed by atoms with E-state index in [4.69, 9.17) is 4.74 Å². The standard InChI is InChI=1S/C13H19NO4S/c1-12(2,3)18-11(15)13(4,5)19(16,17)10-8-6-7-9-14-10/h6-9H,1-5H3. The average molecular weight is 285 g/mol. The number of ether oxygens (including phenoxy) is 1. The number of sulfone groups is 1. The van der Waals surface area contributed by atoms with Gasteiger partial charge in [-0.3, -0.25) is 4.79 Å². The van der Waals surface area contributed by atoms with Crippen LogP contribution in [0.15, 0.2) is 29.4 Å². The van der Waals surface area contributed by atoms with Crippen LogP contribution in [0, 0.1) is 0 Å². The minimum atomic E-state index is -3.90. The van der Waals surface area contributed by atoms with Gasteiger partial charge < -0.3 is 4.74 Å². The lowest BCUT2D eigenvalue weighted by Gasteiger charge is -2.27. The van der Waals surface area contributed by atoms with Crippen molar-refractivity contribution in [3.8, 4) is 0 Å². The van der Waals surface area contributed by atoms with Crippen molar-refractivity contribution in [3.05, 3.63) is 24.4 Å². The Bertz CT molecular complexity index is 556. The van der Waals surface area contributed by atoms with Crippen LogP contribution in [0.5, 0.6) is 0 Å². The fourth-order valence-corrected chi connectivity index (χ4v) is 2.52. The van der Waals surface area contributed by atoms with E-state index >= 15 is 0 Å². The maximum Gasteiger partial charge on any atom is 0.327 e. The largest absolute Gasteiger partial charge is 0.459 e. The highest BCUT2D eigenvalue weighted by molar-refractivity contribution is 7.93. The second kappa shape index (κ2) is 4.92. The van der Waals surface area contributed by atoms with Crippen molar-refractivity contribution in [1.29, 1.82) is 0 Å². The van der Waals surface area contributed by atoms with E-state index in [1.165, 1.54) is 26.1 Å². The van der Waals surface area contributed by atoms with E-state index in [1.807, 2.05) is 0 Å². The Kier molecular flexibility index (Phi) is 4.05. The van der Waals surface area contributed by atoms with Gasteiger partial charge in [-0.25, -0.2) is 13.4 Å². The maximum absolute atomic E-state index is 12.4. The summed E-state index contributed by atoms with van der Waals surface area (Å²) in [6.07, 6.45) is 1.37. The van der Waals surface area contributed by atoms with Gasteiger partial charge in [0.1, 0.15) is 5.60 Å². The zero-order chi connectivity index (χ0) is 14.9. The Morgan fingerprint density at radius 2 is 1.74 bits per heavy atom. The number of nitrogens with zero attached hydrogens (tertiary/aromatic N) is 1. The van der Waals surface area contributed by atoms with E-state index in [0.717, 1.165) is 0 Å². The molecule has 106 valence electrons. The molecule has 0 bridgehead atoms. The summed E-state index contributed by atoms with van der Waals surface area (Å²) in [5, 5.41) is -0.133. The lowest BCUT2D eigenvalue weighted by Crippen LogP contribution is -2.45. The fraction of sp³-hybridized carbons (Fsp3) is 0.538. The third kappa shape index (κ3) is 3.32. The predicted molar refractivity (Wildman–Crippen MR) is 71.3 cm³/mol. The van der Waals surface area contributed by atoms with Crippen LogP contribution in [0.2, 0.25) is 0 Å². The summed E-state index contributed by atoms with van der Waals surface area (Å²) in [6.45, 7) is 7.72. The van der Waals surface area contributed by atoms with Gasteiger partial charge in [0.25, 0.3) is 0 Å². The topological polar surface area (TPSA) is 73.3 Å². The van der Waals surface area contributed by atoms with Crippen molar-refractivity contribution in [2.45, 2.75) is 50.0 Å². The van der Waals surface area contributed by atoms with Crippen molar-refractivity contribution in [2.75, 3.05) is 0 Å². The quantitative estimate of drug-likeness (QED) is 0.794. The monoisotopic (exact) mass is 285 g/mol. The number of hydrogen-bond donors (Lipinski definition) is 0. The Morgan fingerprint density at radius 1 is 1.16 bits per heavy atom. The average Bonchev–Trinajstić information content (AvgIpc) is 2.27. The summed E-state index contributed by atoms with van der Waals surface area (Å²) >= 11 is 0. The van der Waals surface area contributed by atoms with Crippen LogP contribution in [-0.2, 0) is 19.4 Å². The van der Waals surface area contributed by atoms with Crippen LogP contribution in [0.25, 0.3) is 0 Å². The lowest BCUT2D eigenvalue weighted by atomic mass is 10.1. The molecule has 1 heterocycles. The zero-order valence-corrected chi connectivity index (χ0v) is 12.6. The van der Waals surface area contributed by atoms with Crippen LogP contribution in [-0.4, -0.2) is 29.7 Å². The highest BCUT2D eigenvalue weighted by Gasteiger charge is 2.46. The number of esters is 1. The first kappa shape index (κ1) is 15.6. The first-order valence-corrected chi connectivity index (χ1v) is 7.36. The number of pyridine rings is 1. The van der Waals surface area contributed by atoms with Gasteiger partial charge in [-0.1, -0.05) is 6.07 Å². The van der Waals surface area contributed by atoms with Crippen LogP contribution < -0.4 is 0 Å². The normalized spacial score (nSPS) is 13.1. The minimum Gasteiger partial charge on any atom is -0.459 e. The van der Waals surface area contributed by atoms with E-state index in [2.05, 4.69) is 4.98 Å². The smallest absolute Gasteiger partial charge is 0.327 e. The van der Waals surface area contributed by atoms with Crippen molar-refractivity contribution >= 4 is 15.8 Å². The summed E-state index contributed by atoms with van der Waals surface area (Å²) in [6, 6.07) is 4.53. The van der Waals surface area contributed by atoms with Crippen LogP contribution >= 0.6 is 0 Å². The minimum absolute atomic E-state index is 0.133. The molecule has 19 heavy (non-hydrogen) atoms. The molecule has 0 fully saturated rings. The van der Waals surface area contributed by atoms with Crippen molar-refractivity contribution in [1.82, 2.24) is 4.98 Å². The molecule has 6 heteroatoms. The molecular formula is C13H19NO4S. The Hall–Kier alpha value is -1.43. The number of carbonyl (C=O) groups excluding carboxylic acids is 1. The van der Waals surface area contributed by atoms with Gasteiger partial charge in [0.15, 0.2) is 9.77 Å². The second-order valence-corrected chi connectivity index (χ2v) is 8.13. The number of carbonyl (C=O) groups is 1. The number of hydrogen-bond acceptors (Lipinski definition) is 5. The van der Waals surface area contributed by atoms with Gasteiger partial charge in [-0.05, 0) is 46.8 Å². The molecule has 0 spiro atoms. The van der Waals surface area contributed by atoms with Crippen LogP contribution in [0.1, 0.15) is 34.6 Å². The number of aromatic nitrogens is 1. The molecule has 0 radical (unpaired) electrons. The van der Waals surface area contributed by atoms with Crippen LogP contribution in [0.3, 0.4) is 0 Å². The molecule has 0 N–H and O–H groups in total. The third-order valence-electron chi connectivity index (χ3n) is 2.48. The molecule has 0 saturated heterocycles. The van der Waals surface area contributed by atoms with Gasteiger partial charge in [0.2, 0.25) is 9.84 Å². The molecule has 0 aliphatic rings. The summed E-state index contributed by atoms with van der Waals surface area (Å²) in [4.78, 5) is 15.9. The van der Waals surface area contributed by atoms with Gasteiger partial charge >= 0.3 is 5.97 Å².